The molecular weight excluding hydrogens is 329 g/mol. The highest BCUT2D eigenvalue weighted by atomic mass is 35.5. The first-order valence-corrected chi connectivity index (χ1v) is 7.85. The zero-order valence-corrected chi connectivity index (χ0v) is 13.9. The summed E-state index contributed by atoms with van der Waals surface area (Å²) < 4.78 is 5.73. The van der Waals surface area contributed by atoms with Gasteiger partial charge >= 0.3 is 0 Å². The molecule has 0 unspecified atom stereocenters. The minimum atomic E-state index is 0.465. The molecule has 0 atom stereocenters. The number of halogens is 3. The lowest BCUT2D eigenvalue weighted by Gasteiger charge is -2.10. The van der Waals surface area contributed by atoms with Crippen molar-refractivity contribution < 1.29 is 4.74 Å². The summed E-state index contributed by atoms with van der Waals surface area (Å²) in [5.74, 6) is 1.19. The monoisotopic (exact) mass is 343 g/mol. The van der Waals surface area contributed by atoms with Crippen LogP contribution >= 0.6 is 34.8 Å². The maximum Gasteiger partial charge on any atom is 0.146 e. The first-order chi connectivity index (χ1) is 10.1. The third kappa shape index (κ3) is 4.79. The number of hydrogen-bond donors (Lipinski definition) is 1. The highest BCUT2D eigenvalue weighted by molar-refractivity contribution is 6.35. The van der Waals surface area contributed by atoms with E-state index in [0.717, 1.165) is 25.1 Å². The van der Waals surface area contributed by atoms with Crippen LogP contribution in [0.3, 0.4) is 0 Å². The third-order valence-electron chi connectivity index (χ3n) is 2.89. The Bertz CT molecular complexity index is 616. The normalized spacial score (nSPS) is 10.7. The average molecular weight is 345 g/mol. The lowest BCUT2D eigenvalue weighted by Crippen LogP contribution is -2.13. The van der Waals surface area contributed by atoms with E-state index in [1.165, 1.54) is 0 Å². The molecule has 2 aromatic carbocycles. The fourth-order valence-electron chi connectivity index (χ4n) is 1.82. The van der Waals surface area contributed by atoms with Gasteiger partial charge in [0.25, 0.3) is 0 Å². The number of ether oxygens (including phenoxy) is 1. The molecule has 2 rings (SSSR count). The van der Waals surface area contributed by atoms with Gasteiger partial charge in [0.15, 0.2) is 0 Å². The molecule has 21 heavy (non-hydrogen) atoms. The molecular formula is C16H16Cl3NO. The van der Waals surface area contributed by atoms with E-state index in [0.29, 0.717) is 26.6 Å². The zero-order chi connectivity index (χ0) is 15.2. The first-order valence-electron chi connectivity index (χ1n) is 6.72. The minimum Gasteiger partial charge on any atom is -0.456 e. The molecule has 2 aromatic rings. The van der Waals surface area contributed by atoms with Crippen LogP contribution in [0.2, 0.25) is 15.1 Å². The van der Waals surface area contributed by atoms with Crippen LogP contribution in [0.4, 0.5) is 0 Å². The summed E-state index contributed by atoms with van der Waals surface area (Å²) in [5, 5.41) is 5.02. The van der Waals surface area contributed by atoms with Crippen LogP contribution in [0, 0.1) is 0 Å². The van der Waals surface area contributed by atoms with Crippen molar-refractivity contribution in [3.05, 3.63) is 57.0 Å². The van der Waals surface area contributed by atoms with E-state index in [1.54, 1.807) is 24.3 Å². The van der Waals surface area contributed by atoms with Crippen molar-refractivity contribution >= 4 is 34.8 Å². The Balaban J connectivity index is 2.09. The molecule has 112 valence electrons. The van der Waals surface area contributed by atoms with Crippen LogP contribution in [0.1, 0.15) is 18.9 Å². The fraction of sp³-hybridized carbons (Fsp3) is 0.250. The molecule has 0 fully saturated rings. The van der Waals surface area contributed by atoms with E-state index in [2.05, 4.69) is 12.2 Å². The van der Waals surface area contributed by atoms with Crippen LogP contribution in [-0.2, 0) is 6.54 Å². The molecule has 2 nitrogen and oxygen atoms in total. The number of benzene rings is 2. The van der Waals surface area contributed by atoms with E-state index in [4.69, 9.17) is 39.5 Å². The smallest absolute Gasteiger partial charge is 0.146 e. The molecule has 0 aliphatic heterocycles. The van der Waals surface area contributed by atoms with Gasteiger partial charge in [0.1, 0.15) is 11.5 Å². The molecule has 0 aromatic heterocycles. The van der Waals surface area contributed by atoms with Crippen molar-refractivity contribution in [1.29, 1.82) is 0 Å². The largest absolute Gasteiger partial charge is 0.456 e. The maximum atomic E-state index is 6.27. The van der Waals surface area contributed by atoms with Crippen molar-refractivity contribution in [3.8, 4) is 11.5 Å². The molecule has 0 spiro atoms. The van der Waals surface area contributed by atoms with Crippen LogP contribution in [-0.4, -0.2) is 6.54 Å². The summed E-state index contributed by atoms with van der Waals surface area (Å²) in [5.41, 5.74) is 1.04. The summed E-state index contributed by atoms with van der Waals surface area (Å²) in [6.07, 6.45) is 1.09. The molecule has 5 heteroatoms. The standard InChI is InChI=1S/C16H16Cl3NO/c1-2-7-20-10-11-3-5-13(9-14(11)18)21-16-6-4-12(17)8-15(16)19/h3-6,8-9,20H,2,7,10H2,1H3. The molecule has 1 N–H and O–H groups in total. The summed E-state index contributed by atoms with van der Waals surface area (Å²) in [6, 6.07) is 10.7. The lowest BCUT2D eigenvalue weighted by molar-refractivity contribution is 0.482. The predicted molar refractivity (Wildman–Crippen MR) is 90.0 cm³/mol. The third-order valence-corrected chi connectivity index (χ3v) is 3.77. The Morgan fingerprint density at radius 2 is 1.81 bits per heavy atom. The van der Waals surface area contributed by atoms with Gasteiger partial charge in [-0.15, -0.1) is 0 Å². The number of hydrogen-bond acceptors (Lipinski definition) is 2. The molecule has 0 saturated carbocycles. The van der Waals surface area contributed by atoms with Gasteiger partial charge in [0.05, 0.1) is 5.02 Å². The second-order valence-electron chi connectivity index (χ2n) is 4.61. The van der Waals surface area contributed by atoms with Gasteiger partial charge in [-0.2, -0.15) is 0 Å². The second-order valence-corrected chi connectivity index (χ2v) is 5.86. The average Bonchev–Trinajstić information content (AvgIpc) is 2.44. The summed E-state index contributed by atoms with van der Waals surface area (Å²) >= 11 is 18.2. The van der Waals surface area contributed by atoms with E-state index in [9.17, 15) is 0 Å². The Morgan fingerprint density at radius 1 is 1.00 bits per heavy atom. The summed E-state index contributed by atoms with van der Waals surface area (Å²) in [6.45, 7) is 3.84. The van der Waals surface area contributed by atoms with Gasteiger partial charge in [-0.05, 0) is 48.9 Å². The summed E-state index contributed by atoms with van der Waals surface area (Å²) in [7, 11) is 0. The summed E-state index contributed by atoms with van der Waals surface area (Å²) in [4.78, 5) is 0. The zero-order valence-electron chi connectivity index (χ0n) is 11.6. The Morgan fingerprint density at radius 3 is 2.48 bits per heavy atom. The van der Waals surface area contributed by atoms with Gasteiger partial charge in [-0.3, -0.25) is 0 Å². The Hall–Kier alpha value is -0.930. The van der Waals surface area contributed by atoms with Gasteiger partial charge < -0.3 is 10.1 Å². The van der Waals surface area contributed by atoms with Crippen molar-refractivity contribution in [2.75, 3.05) is 6.54 Å². The maximum absolute atomic E-state index is 6.27. The Kier molecular flexibility index (Phi) is 6.19. The Labute approximate surface area is 140 Å². The van der Waals surface area contributed by atoms with E-state index < -0.39 is 0 Å². The molecule has 0 radical (unpaired) electrons. The van der Waals surface area contributed by atoms with E-state index in [-0.39, 0.29) is 0 Å². The van der Waals surface area contributed by atoms with Gasteiger partial charge in [0, 0.05) is 16.6 Å². The van der Waals surface area contributed by atoms with Crippen molar-refractivity contribution in [2.24, 2.45) is 0 Å². The van der Waals surface area contributed by atoms with Gasteiger partial charge in [-0.25, -0.2) is 0 Å². The lowest BCUT2D eigenvalue weighted by atomic mass is 10.2. The van der Waals surface area contributed by atoms with Crippen LogP contribution in [0.15, 0.2) is 36.4 Å². The van der Waals surface area contributed by atoms with Crippen LogP contribution < -0.4 is 10.1 Å². The predicted octanol–water partition coefficient (Wildman–Crippen LogP) is 5.94. The molecule has 0 heterocycles. The highest BCUT2D eigenvalue weighted by Gasteiger charge is 2.06. The topological polar surface area (TPSA) is 21.3 Å². The molecule has 0 bridgehead atoms. The van der Waals surface area contributed by atoms with Crippen LogP contribution in [0.25, 0.3) is 0 Å². The van der Waals surface area contributed by atoms with Crippen molar-refractivity contribution in [1.82, 2.24) is 5.32 Å². The molecule has 0 aliphatic carbocycles. The number of nitrogens with one attached hydrogen (secondary N) is 1. The SMILES string of the molecule is CCCNCc1ccc(Oc2ccc(Cl)cc2Cl)cc1Cl. The van der Waals surface area contributed by atoms with Crippen LogP contribution in [0.5, 0.6) is 11.5 Å². The first kappa shape index (κ1) is 16.4. The van der Waals surface area contributed by atoms with Gasteiger partial charge in [-0.1, -0.05) is 47.8 Å². The fourth-order valence-corrected chi connectivity index (χ4v) is 2.50. The van der Waals surface area contributed by atoms with E-state index >= 15 is 0 Å². The number of rotatable bonds is 6. The minimum absolute atomic E-state index is 0.465. The molecule has 0 amide bonds. The van der Waals surface area contributed by atoms with Gasteiger partial charge in [0.2, 0.25) is 0 Å². The van der Waals surface area contributed by atoms with Crippen molar-refractivity contribution in [2.45, 2.75) is 19.9 Å². The van der Waals surface area contributed by atoms with E-state index in [1.807, 2.05) is 12.1 Å². The molecule has 0 aliphatic rings. The molecule has 0 saturated heterocycles. The highest BCUT2D eigenvalue weighted by Crippen LogP contribution is 2.33. The quantitative estimate of drug-likeness (QED) is 0.655. The second kappa shape index (κ2) is 7.90. The van der Waals surface area contributed by atoms with Crippen molar-refractivity contribution in [3.63, 3.8) is 0 Å².